The minimum Gasteiger partial charge on any atom is -0.344 e. The minimum atomic E-state index is -0.516. The predicted molar refractivity (Wildman–Crippen MR) is 66.8 cm³/mol. The van der Waals surface area contributed by atoms with Gasteiger partial charge < -0.3 is 9.88 Å². The molecule has 18 heavy (non-hydrogen) atoms. The lowest BCUT2D eigenvalue weighted by atomic mass is 9.78. The van der Waals surface area contributed by atoms with Crippen LogP contribution in [0.25, 0.3) is 0 Å². The Morgan fingerprint density at radius 3 is 2.72 bits per heavy atom. The van der Waals surface area contributed by atoms with Crippen LogP contribution in [0.3, 0.4) is 0 Å². The number of aromatic nitrogens is 1. The molecule has 2 rings (SSSR count). The molecule has 1 N–H and O–H groups in total. The Morgan fingerprint density at radius 1 is 1.67 bits per heavy atom. The summed E-state index contributed by atoms with van der Waals surface area (Å²) in [4.78, 5) is 22.2. The zero-order valence-corrected chi connectivity index (χ0v) is 10.7. The van der Waals surface area contributed by atoms with Gasteiger partial charge in [-0.3, -0.25) is 14.9 Å². The van der Waals surface area contributed by atoms with Gasteiger partial charge in [0.05, 0.1) is 16.7 Å². The van der Waals surface area contributed by atoms with Crippen molar-refractivity contribution >= 4 is 23.2 Å². The summed E-state index contributed by atoms with van der Waals surface area (Å²) in [6, 6.07) is 1.27. The summed E-state index contributed by atoms with van der Waals surface area (Å²) in [5.74, 6) is 0.0524. The largest absolute Gasteiger partial charge is 0.344 e. The van der Waals surface area contributed by atoms with Gasteiger partial charge in [0.2, 0.25) is 0 Å². The Hall–Kier alpha value is -1.56. The van der Waals surface area contributed by atoms with Crippen LogP contribution in [0.15, 0.2) is 12.3 Å². The number of carbonyl (C=O) groups excluding carboxylic acids is 1. The number of alkyl halides is 1. The van der Waals surface area contributed by atoms with Gasteiger partial charge in [-0.2, -0.15) is 0 Å². The zero-order chi connectivity index (χ0) is 13.3. The Bertz CT molecular complexity index is 488. The van der Waals surface area contributed by atoms with Crippen molar-refractivity contribution in [2.75, 3.05) is 5.88 Å². The summed E-state index contributed by atoms with van der Waals surface area (Å²) >= 11 is 5.86. The Morgan fingerprint density at radius 2 is 2.33 bits per heavy atom. The van der Waals surface area contributed by atoms with Crippen molar-refractivity contribution in [3.05, 3.63) is 28.1 Å². The van der Waals surface area contributed by atoms with Crippen LogP contribution in [0.2, 0.25) is 0 Å². The van der Waals surface area contributed by atoms with Gasteiger partial charge in [-0.05, 0) is 19.3 Å². The highest BCUT2D eigenvalue weighted by Crippen LogP contribution is 2.33. The number of halogens is 1. The second-order valence-electron chi connectivity index (χ2n) is 4.67. The lowest BCUT2D eigenvalue weighted by Crippen LogP contribution is -2.55. The molecule has 6 nitrogen and oxygen atoms in total. The number of nitrogens with one attached hydrogen (secondary N) is 1. The minimum absolute atomic E-state index is 0.0869. The molecule has 0 bridgehead atoms. The van der Waals surface area contributed by atoms with E-state index in [1.165, 1.54) is 16.8 Å². The molecule has 0 aromatic carbocycles. The fourth-order valence-electron chi connectivity index (χ4n) is 2.07. The van der Waals surface area contributed by atoms with E-state index >= 15 is 0 Å². The van der Waals surface area contributed by atoms with E-state index in [-0.39, 0.29) is 22.8 Å². The molecule has 1 aliphatic carbocycles. The van der Waals surface area contributed by atoms with E-state index < -0.39 is 4.92 Å². The smallest absolute Gasteiger partial charge is 0.287 e. The van der Waals surface area contributed by atoms with Gasteiger partial charge in [-0.15, -0.1) is 11.6 Å². The lowest BCUT2D eigenvalue weighted by Gasteiger charge is -2.40. The van der Waals surface area contributed by atoms with Crippen LogP contribution < -0.4 is 5.32 Å². The molecule has 1 saturated carbocycles. The monoisotopic (exact) mass is 271 g/mol. The van der Waals surface area contributed by atoms with E-state index in [0.29, 0.717) is 5.88 Å². The molecule has 7 heteroatoms. The maximum Gasteiger partial charge on any atom is 0.287 e. The van der Waals surface area contributed by atoms with Crippen molar-refractivity contribution < 1.29 is 9.72 Å². The summed E-state index contributed by atoms with van der Waals surface area (Å²) < 4.78 is 1.45. The van der Waals surface area contributed by atoms with Gasteiger partial charge >= 0.3 is 0 Å². The van der Waals surface area contributed by atoms with Gasteiger partial charge in [-0.1, -0.05) is 0 Å². The fourth-order valence-corrected chi connectivity index (χ4v) is 2.41. The molecular formula is C11H14ClN3O3. The number of hydrogen-bond acceptors (Lipinski definition) is 3. The zero-order valence-electron chi connectivity index (χ0n) is 9.98. The molecule has 1 aliphatic rings. The van der Waals surface area contributed by atoms with Crippen molar-refractivity contribution in [2.45, 2.75) is 24.8 Å². The van der Waals surface area contributed by atoms with E-state index in [2.05, 4.69) is 5.32 Å². The van der Waals surface area contributed by atoms with E-state index in [4.69, 9.17) is 11.6 Å². The summed E-state index contributed by atoms with van der Waals surface area (Å²) in [6.07, 6.45) is 4.08. The molecule has 0 saturated heterocycles. The first-order valence-corrected chi connectivity index (χ1v) is 6.20. The van der Waals surface area contributed by atoms with Crippen LogP contribution in [0.5, 0.6) is 0 Å². The van der Waals surface area contributed by atoms with Crippen LogP contribution in [0.1, 0.15) is 29.8 Å². The number of hydrogen-bond donors (Lipinski definition) is 1. The van der Waals surface area contributed by atoms with Crippen molar-refractivity contribution in [1.82, 2.24) is 9.88 Å². The van der Waals surface area contributed by atoms with Crippen LogP contribution in [0, 0.1) is 10.1 Å². The van der Waals surface area contributed by atoms with Gasteiger partial charge in [-0.25, -0.2) is 0 Å². The third-order valence-corrected chi connectivity index (χ3v) is 3.89. The third kappa shape index (κ3) is 2.20. The average Bonchev–Trinajstić information content (AvgIpc) is 2.66. The van der Waals surface area contributed by atoms with Crippen molar-refractivity contribution in [1.29, 1.82) is 0 Å². The highest BCUT2D eigenvalue weighted by Gasteiger charge is 2.38. The SMILES string of the molecule is Cn1cc([N+](=O)[O-])cc1C(=O)NC1(CCl)CCC1. The van der Waals surface area contributed by atoms with E-state index in [9.17, 15) is 14.9 Å². The Labute approximate surface area is 109 Å². The highest BCUT2D eigenvalue weighted by molar-refractivity contribution is 6.19. The molecule has 0 radical (unpaired) electrons. The first-order valence-electron chi connectivity index (χ1n) is 5.67. The molecule has 1 aromatic heterocycles. The highest BCUT2D eigenvalue weighted by atomic mass is 35.5. The number of rotatable bonds is 4. The molecule has 1 amide bonds. The van der Waals surface area contributed by atoms with Crippen LogP contribution in [-0.4, -0.2) is 26.8 Å². The summed E-state index contributed by atoms with van der Waals surface area (Å²) in [5, 5.41) is 13.5. The van der Waals surface area contributed by atoms with Crippen LogP contribution in [0.4, 0.5) is 5.69 Å². The van der Waals surface area contributed by atoms with Gasteiger partial charge in [0.15, 0.2) is 0 Å². The second-order valence-corrected chi connectivity index (χ2v) is 4.94. The molecule has 1 fully saturated rings. The lowest BCUT2D eigenvalue weighted by molar-refractivity contribution is -0.384. The number of aryl methyl sites for hydroxylation is 1. The van der Waals surface area contributed by atoms with Crippen LogP contribution >= 0.6 is 11.6 Å². The van der Waals surface area contributed by atoms with E-state index in [1.54, 1.807) is 7.05 Å². The number of amides is 1. The van der Waals surface area contributed by atoms with Gasteiger partial charge in [0, 0.05) is 19.0 Å². The van der Waals surface area contributed by atoms with Crippen molar-refractivity contribution in [3.8, 4) is 0 Å². The maximum atomic E-state index is 12.1. The average molecular weight is 272 g/mol. The molecule has 0 atom stereocenters. The van der Waals surface area contributed by atoms with Gasteiger partial charge in [0.1, 0.15) is 5.69 Å². The summed E-state index contributed by atoms with van der Waals surface area (Å²) in [7, 11) is 1.61. The van der Waals surface area contributed by atoms with Gasteiger partial charge in [0.25, 0.3) is 11.6 Å². The number of nitro groups is 1. The standard InChI is InChI=1S/C11H14ClN3O3/c1-14-6-8(15(17)18)5-9(14)10(16)13-11(7-12)3-2-4-11/h5-6H,2-4,7H2,1H3,(H,13,16). The summed E-state index contributed by atoms with van der Waals surface area (Å²) in [6.45, 7) is 0. The summed E-state index contributed by atoms with van der Waals surface area (Å²) in [5.41, 5.74) is -0.146. The Balaban J connectivity index is 2.16. The van der Waals surface area contributed by atoms with Crippen molar-refractivity contribution in [2.24, 2.45) is 7.05 Å². The molecule has 0 aliphatic heterocycles. The quantitative estimate of drug-likeness (QED) is 0.515. The molecule has 0 unspecified atom stereocenters. The predicted octanol–water partition coefficient (Wildman–Crippen LogP) is 1.82. The van der Waals surface area contributed by atoms with E-state index in [0.717, 1.165) is 19.3 Å². The third-order valence-electron chi connectivity index (χ3n) is 3.38. The van der Waals surface area contributed by atoms with Crippen molar-refractivity contribution in [3.63, 3.8) is 0 Å². The Kier molecular flexibility index (Phi) is 3.30. The topological polar surface area (TPSA) is 77.2 Å². The molecule has 0 spiro atoms. The normalized spacial score (nSPS) is 17.0. The maximum absolute atomic E-state index is 12.1. The first kappa shape index (κ1) is 12.9. The molecule has 1 heterocycles. The molecular weight excluding hydrogens is 258 g/mol. The number of nitrogens with zero attached hydrogens (tertiary/aromatic N) is 2. The fraction of sp³-hybridized carbons (Fsp3) is 0.545. The number of carbonyl (C=O) groups is 1. The van der Waals surface area contributed by atoms with Crippen LogP contribution in [-0.2, 0) is 7.05 Å². The first-order chi connectivity index (χ1) is 8.47. The van der Waals surface area contributed by atoms with E-state index in [1.807, 2.05) is 0 Å². The molecule has 1 aromatic rings. The second kappa shape index (κ2) is 4.61. The molecule has 98 valence electrons.